The average Bonchev–Trinajstić information content (AvgIpc) is 3.02. The number of rotatable bonds is 4. The molecule has 0 saturated carbocycles. The molecule has 1 fully saturated rings. The predicted octanol–water partition coefficient (Wildman–Crippen LogP) is 2.61. The second-order valence-corrected chi connectivity index (χ2v) is 5.76. The first-order valence-electron chi connectivity index (χ1n) is 7.78. The summed E-state index contributed by atoms with van der Waals surface area (Å²) in [5, 5.41) is 0. The monoisotopic (exact) mass is 296 g/mol. The molecule has 1 aliphatic heterocycles. The Morgan fingerprint density at radius 1 is 1.18 bits per heavy atom. The normalized spacial score (nSPS) is 17.6. The molecule has 2 aromatic rings. The van der Waals surface area contributed by atoms with E-state index in [4.69, 9.17) is 0 Å². The van der Waals surface area contributed by atoms with E-state index in [1.54, 1.807) is 6.07 Å². The third kappa shape index (κ3) is 3.27. The minimum absolute atomic E-state index is 0.0202. The van der Waals surface area contributed by atoms with E-state index < -0.39 is 0 Å². The number of aryl methyl sites for hydroxylation is 1. The Labute approximate surface area is 129 Å². The third-order valence-corrected chi connectivity index (χ3v) is 4.28. The lowest BCUT2D eigenvalue weighted by molar-refractivity contribution is 0.0730. The number of benzene rings is 1. The minimum atomic E-state index is -0.182. The van der Waals surface area contributed by atoms with Gasteiger partial charge in [-0.2, -0.15) is 0 Å². The number of likely N-dealkylation sites (tertiary alicyclic amines) is 1. The van der Waals surface area contributed by atoms with Crippen molar-refractivity contribution in [2.75, 3.05) is 6.54 Å². The molecule has 1 atom stereocenters. The van der Waals surface area contributed by atoms with Crippen molar-refractivity contribution in [2.45, 2.75) is 31.7 Å². The summed E-state index contributed by atoms with van der Waals surface area (Å²) in [7, 11) is 0. The van der Waals surface area contributed by atoms with E-state index in [0.29, 0.717) is 11.6 Å². The molecule has 4 heteroatoms. The van der Waals surface area contributed by atoms with Gasteiger partial charge in [0.2, 0.25) is 5.56 Å². The standard InChI is InChI=1S/C18H20N2O2/c21-17-11-9-15(13-19-17)18(22)20-12-4-7-16(20)10-8-14-5-2-1-3-6-14/h1-3,5-6,9,11,13,16H,4,7-8,10,12H2,(H,19,21). The molecular formula is C18H20N2O2. The van der Waals surface area contributed by atoms with Gasteiger partial charge in [0, 0.05) is 24.8 Å². The maximum Gasteiger partial charge on any atom is 0.255 e. The second-order valence-electron chi connectivity index (χ2n) is 5.76. The lowest BCUT2D eigenvalue weighted by Crippen LogP contribution is -2.36. The Hall–Kier alpha value is -2.36. The first kappa shape index (κ1) is 14.6. The number of pyridine rings is 1. The summed E-state index contributed by atoms with van der Waals surface area (Å²) >= 11 is 0. The van der Waals surface area contributed by atoms with Crippen LogP contribution in [0, 0.1) is 0 Å². The van der Waals surface area contributed by atoms with E-state index in [2.05, 4.69) is 17.1 Å². The smallest absolute Gasteiger partial charge is 0.255 e. The number of H-pyrrole nitrogens is 1. The number of hydrogen-bond donors (Lipinski definition) is 1. The van der Waals surface area contributed by atoms with Crippen LogP contribution < -0.4 is 5.56 Å². The van der Waals surface area contributed by atoms with Crippen molar-refractivity contribution in [2.24, 2.45) is 0 Å². The molecule has 4 nitrogen and oxygen atoms in total. The summed E-state index contributed by atoms with van der Waals surface area (Å²) in [6, 6.07) is 13.7. The Kier molecular flexibility index (Phi) is 4.37. The average molecular weight is 296 g/mol. The van der Waals surface area contributed by atoms with Gasteiger partial charge in [0.25, 0.3) is 5.91 Å². The number of hydrogen-bond acceptors (Lipinski definition) is 2. The second kappa shape index (κ2) is 6.60. The van der Waals surface area contributed by atoms with Crippen LogP contribution in [0.4, 0.5) is 0 Å². The molecule has 114 valence electrons. The molecule has 3 rings (SSSR count). The quantitative estimate of drug-likeness (QED) is 0.943. The molecule has 1 aliphatic rings. The van der Waals surface area contributed by atoms with Gasteiger partial charge in [-0.05, 0) is 37.3 Å². The summed E-state index contributed by atoms with van der Waals surface area (Å²) in [6.45, 7) is 0.803. The molecule has 0 bridgehead atoms. The van der Waals surface area contributed by atoms with Gasteiger partial charge >= 0.3 is 0 Å². The molecule has 0 spiro atoms. The van der Waals surface area contributed by atoms with E-state index in [-0.39, 0.29) is 11.5 Å². The molecule has 1 amide bonds. The number of carbonyl (C=O) groups excluding carboxylic acids is 1. The highest BCUT2D eigenvalue weighted by molar-refractivity contribution is 5.94. The fraction of sp³-hybridized carbons (Fsp3) is 0.333. The van der Waals surface area contributed by atoms with Crippen molar-refractivity contribution in [3.8, 4) is 0 Å². The Morgan fingerprint density at radius 2 is 2.00 bits per heavy atom. The van der Waals surface area contributed by atoms with E-state index in [0.717, 1.165) is 32.2 Å². The van der Waals surface area contributed by atoms with Crippen LogP contribution >= 0.6 is 0 Å². The van der Waals surface area contributed by atoms with Gasteiger partial charge in [-0.25, -0.2) is 0 Å². The number of carbonyl (C=O) groups is 1. The van der Waals surface area contributed by atoms with E-state index in [9.17, 15) is 9.59 Å². The van der Waals surface area contributed by atoms with Gasteiger partial charge in [-0.15, -0.1) is 0 Å². The van der Waals surface area contributed by atoms with Crippen LogP contribution in [0.3, 0.4) is 0 Å². The Bertz CT molecular complexity index is 673. The van der Waals surface area contributed by atoms with Gasteiger partial charge < -0.3 is 9.88 Å². The van der Waals surface area contributed by atoms with E-state index >= 15 is 0 Å². The third-order valence-electron chi connectivity index (χ3n) is 4.28. The molecule has 1 aromatic heterocycles. The van der Waals surface area contributed by atoms with Crippen molar-refractivity contribution in [1.82, 2.24) is 9.88 Å². The predicted molar refractivity (Wildman–Crippen MR) is 85.9 cm³/mol. The number of aromatic amines is 1. The fourth-order valence-corrected chi connectivity index (χ4v) is 3.09. The molecule has 0 radical (unpaired) electrons. The van der Waals surface area contributed by atoms with Crippen LogP contribution in [0.1, 0.15) is 35.2 Å². The first-order chi connectivity index (χ1) is 10.7. The lowest BCUT2D eigenvalue weighted by Gasteiger charge is -2.24. The largest absolute Gasteiger partial charge is 0.336 e. The van der Waals surface area contributed by atoms with Crippen molar-refractivity contribution in [1.29, 1.82) is 0 Å². The van der Waals surface area contributed by atoms with E-state index in [1.807, 2.05) is 23.1 Å². The van der Waals surface area contributed by atoms with Crippen LogP contribution in [-0.4, -0.2) is 28.4 Å². The van der Waals surface area contributed by atoms with Gasteiger partial charge in [-0.1, -0.05) is 30.3 Å². The van der Waals surface area contributed by atoms with Gasteiger partial charge in [-0.3, -0.25) is 9.59 Å². The van der Waals surface area contributed by atoms with Crippen LogP contribution in [0.5, 0.6) is 0 Å². The Balaban J connectivity index is 1.66. The zero-order valence-corrected chi connectivity index (χ0v) is 12.5. The molecule has 1 saturated heterocycles. The molecule has 22 heavy (non-hydrogen) atoms. The molecular weight excluding hydrogens is 276 g/mol. The number of nitrogens with zero attached hydrogens (tertiary/aromatic N) is 1. The van der Waals surface area contributed by atoms with Gasteiger partial charge in [0.05, 0.1) is 5.56 Å². The zero-order valence-electron chi connectivity index (χ0n) is 12.5. The van der Waals surface area contributed by atoms with E-state index in [1.165, 1.54) is 17.8 Å². The van der Waals surface area contributed by atoms with Crippen LogP contribution in [0.25, 0.3) is 0 Å². The van der Waals surface area contributed by atoms with Crippen LogP contribution in [-0.2, 0) is 6.42 Å². The Morgan fingerprint density at radius 3 is 2.73 bits per heavy atom. The summed E-state index contributed by atoms with van der Waals surface area (Å²) in [4.78, 5) is 28.2. The number of amides is 1. The molecule has 1 N–H and O–H groups in total. The maximum atomic E-state index is 12.6. The van der Waals surface area contributed by atoms with Gasteiger partial charge in [0.1, 0.15) is 0 Å². The topological polar surface area (TPSA) is 53.2 Å². The highest BCUT2D eigenvalue weighted by atomic mass is 16.2. The van der Waals surface area contributed by atoms with Crippen LogP contribution in [0.15, 0.2) is 53.5 Å². The SMILES string of the molecule is O=C(c1ccc(=O)[nH]c1)N1CCCC1CCc1ccccc1. The van der Waals surface area contributed by atoms with Crippen molar-refractivity contribution in [3.63, 3.8) is 0 Å². The van der Waals surface area contributed by atoms with Crippen molar-refractivity contribution >= 4 is 5.91 Å². The molecule has 1 unspecified atom stereocenters. The fourth-order valence-electron chi connectivity index (χ4n) is 3.09. The highest BCUT2D eigenvalue weighted by Crippen LogP contribution is 2.23. The zero-order chi connectivity index (χ0) is 15.4. The van der Waals surface area contributed by atoms with Crippen molar-refractivity contribution in [3.05, 3.63) is 70.1 Å². The lowest BCUT2D eigenvalue weighted by atomic mass is 10.0. The summed E-state index contributed by atoms with van der Waals surface area (Å²) in [5.74, 6) is 0.0202. The molecule has 0 aliphatic carbocycles. The summed E-state index contributed by atoms with van der Waals surface area (Å²) < 4.78 is 0. The maximum absolute atomic E-state index is 12.6. The van der Waals surface area contributed by atoms with Gasteiger partial charge in [0.15, 0.2) is 0 Å². The highest BCUT2D eigenvalue weighted by Gasteiger charge is 2.29. The summed E-state index contributed by atoms with van der Waals surface area (Å²) in [6.07, 6.45) is 5.59. The number of nitrogens with one attached hydrogen (secondary N) is 1. The van der Waals surface area contributed by atoms with Crippen molar-refractivity contribution < 1.29 is 4.79 Å². The first-order valence-corrected chi connectivity index (χ1v) is 7.78. The minimum Gasteiger partial charge on any atom is -0.336 e. The number of aromatic nitrogens is 1. The molecule has 1 aromatic carbocycles. The molecule has 2 heterocycles. The van der Waals surface area contributed by atoms with Crippen LogP contribution in [0.2, 0.25) is 0 Å². The summed E-state index contributed by atoms with van der Waals surface area (Å²) in [5.41, 5.74) is 1.69.